The maximum Gasteiger partial charge on any atom is 0.436 e. The van der Waals surface area contributed by atoms with E-state index >= 15 is 0 Å². The highest BCUT2D eigenvalue weighted by Gasteiger charge is 2.69. The third-order valence-corrected chi connectivity index (χ3v) is 5.22. The second-order valence-corrected chi connectivity index (χ2v) is 8.59. The van der Waals surface area contributed by atoms with Gasteiger partial charge in [0, 0.05) is 13.0 Å². The van der Waals surface area contributed by atoms with Gasteiger partial charge in [0.2, 0.25) is 0 Å². The zero-order valence-electron chi connectivity index (χ0n) is 21.1. The molecule has 1 N–H and O–H groups in total. The van der Waals surface area contributed by atoms with Crippen LogP contribution in [0.1, 0.15) is 12.8 Å². The first-order valence-electron chi connectivity index (χ1n) is 11.8. The Morgan fingerprint density at radius 1 is 0.700 bits per heavy atom. The summed E-state index contributed by atoms with van der Waals surface area (Å²) in [5, 5.41) is 4.75. The van der Waals surface area contributed by atoms with Crippen LogP contribution in [0, 0.1) is 0 Å². The molecule has 1 saturated heterocycles. The van der Waals surface area contributed by atoms with Crippen LogP contribution in [0.25, 0.3) is 0 Å². The van der Waals surface area contributed by atoms with Gasteiger partial charge in [-0.15, -0.1) is 4.33 Å². The summed E-state index contributed by atoms with van der Waals surface area (Å²) in [4.78, 5) is 0. The van der Waals surface area contributed by atoms with Gasteiger partial charge in [-0.2, -0.15) is 35.1 Å². The lowest BCUT2D eigenvalue weighted by molar-refractivity contribution is -0.461. The van der Waals surface area contributed by atoms with E-state index in [1.807, 2.05) is 0 Å². The van der Waals surface area contributed by atoms with Crippen LogP contribution in [0.5, 0.6) is 0 Å². The van der Waals surface area contributed by atoms with Crippen molar-refractivity contribution in [3.05, 3.63) is 0 Å². The standard InChI is InChI=1S/C20H32F8O11S/c21-17(22,18(23,24)37-19(25,26)20(27,28)40-39-38-29)2-1-3-34-14-16-15-35-11-10-32-7-6-30-4-5-31-8-9-33-12-13-36-16/h16,29H,1-15H2. The van der Waals surface area contributed by atoms with Gasteiger partial charge in [0.25, 0.3) is 0 Å². The number of halogens is 8. The van der Waals surface area contributed by atoms with Crippen molar-refractivity contribution in [3.63, 3.8) is 0 Å². The van der Waals surface area contributed by atoms with Crippen LogP contribution in [0.15, 0.2) is 0 Å². The summed E-state index contributed by atoms with van der Waals surface area (Å²) in [5.41, 5.74) is 0. The first-order valence-corrected chi connectivity index (χ1v) is 12.5. The van der Waals surface area contributed by atoms with Crippen molar-refractivity contribution in [1.82, 2.24) is 0 Å². The molecule has 1 aliphatic rings. The molecule has 0 spiro atoms. The number of hydrogen-bond donors (Lipinski definition) is 1. The molecule has 0 aromatic heterocycles. The highest BCUT2D eigenvalue weighted by molar-refractivity contribution is 7.95. The lowest BCUT2D eigenvalue weighted by atomic mass is 10.1. The Morgan fingerprint density at radius 3 is 1.73 bits per heavy atom. The molecule has 40 heavy (non-hydrogen) atoms. The highest BCUT2D eigenvalue weighted by atomic mass is 32.2. The molecule has 0 aromatic rings. The molecular formula is C20H32F8O11S. The molecule has 0 aromatic carbocycles. The van der Waals surface area contributed by atoms with Gasteiger partial charge in [-0.1, -0.05) is 5.04 Å². The van der Waals surface area contributed by atoms with Gasteiger partial charge in [-0.05, 0) is 6.42 Å². The molecule has 0 bridgehead atoms. The number of alkyl halides is 8. The summed E-state index contributed by atoms with van der Waals surface area (Å²) in [6.45, 7) is 2.05. The first kappa shape index (κ1) is 37.4. The second kappa shape index (κ2) is 19.5. The van der Waals surface area contributed by atoms with Crippen LogP contribution in [0.3, 0.4) is 0 Å². The van der Waals surface area contributed by atoms with Crippen molar-refractivity contribution < 1.29 is 87.6 Å². The van der Waals surface area contributed by atoms with Gasteiger partial charge in [0.1, 0.15) is 18.1 Å². The second-order valence-electron chi connectivity index (χ2n) is 7.78. The smallest absolute Gasteiger partial charge is 0.379 e. The van der Waals surface area contributed by atoms with E-state index in [2.05, 4.69) is 14.1 Å². The fraction of sp³-hybridized carbons (Fsp3) is 1.00. The normalized spacial score (nSPS) is 21.1. The SMILES string of the molecule is OOOSC(F)(F)C(F)(F)OC(F)(F)C(F)(F)CCCOCC1COCCOCCOCCOCCOCCO1. The summed E-state index contributed by atoms with van der Waals surface area (Å²) in [5.74, 6) is -5.29. The molecule has 1 heterocycles. The zero-order valence-corrected chi connectivity index (χ0v) is 22.0. The van der Waals surface area contributed by atoms with E-state index in [4.69, 9.17) is 38.4 Å². The molecule has 1 unspecified atom stereocenters. The van der Waals surface area contributed by atoms with Crippen molar-refractivity contribution >= 4 is 12.0 Å². The van der Waals surface area contributed by atoms with Crippen LogP contribution >= 0.6 is 12.0 Å². The first-order chi connectivity index (χ1) is 18.8. The van der Waals surface area contributed by atoms with E-state index in [1.165, 1.54) is 0 Å². The zero-order chi connectivity index (χ0) is 30.0. The lowest BCUT2D eigenvalue weighted by Gasteiger charge is -2.31. The van der Waals surface area contributed by atoms with E-state index in [1.54, 1.807) is 0 Å². The Morgan fingerprint density at radius 2 is 1.20 bits per heavy atom. The summed E-state index contributed by atoms with van der Waals surface area (Å²) >= 11 is -1.64. The number of hydrogen-bond acceptors (Lipinski definition) is 12. The van der Waals surface area contributed by atoms with Crippen molar-refractivity contribution in [2.75, 3.05) is 85.9 Å². The molecule has 1 atom stereocenters. The van der Waals surface area contributed by atoms with Crippen LogP contribution < -0.4 is 0 Å². The maximum atomic E-state index is 13.9. The van der Waals surface area contributed by atoms with Crippen LogP contribution in [-0.2, 0) is 47.3 Å². The summed E-state index contributed by atoms with van der Waals surface area (Å²) in [6, 6.07) is 0. The molecule has 20 heteroatoms. The quantitative estimate of drug-likeness (QED) is 0.105. The average Bonchev–Trinajstić information content (AvgIpc) is 2.87. The van der Waals surface area contributed by atoms with Gasteiger partial charge in [-0.3, -0.25) is 0 Å². The van der Waals surface area contributed by atoms with Crippen molar-refractivity contribution in [1.29, 1.82) is 0 Å². The third-order valence-electron chi connectivity index (χ3n) is 4.65. The average molecular weight is 633 g/mol. The fourth-order valence-electron chi connectivity index (χ4n) is 2.67. The molecule has 0 amide bonds. The topological polar surface area (TPSA) is 113 Å². The van der Waals surface area contributed by atoms with Gasteiger partial charge in [0.05, 0.1) is 79.3 Å². The van der Waals surface area contributed by atoms with Crippen LogP contribution in [0.4, 0.5) is 35.1 Å². The van der Waals surface area contributed by atoms with Crippen molar-refractivity contribution in [2.24, 2.45) is 0 Å². The van der Waals surface area contributed by atoms with E-state index < -0.39 is 61.0 Å². The molecular weight excluding hydrogens is 600 g/mol. The molecule has 0 radical (unpaired) electrons. The van der Waals surface area contributed by atoms with E-state index in [9.17, 15) is 35.1 Å². The van der Waals surface area contributed by atoms with Crippen LogP contribution in [0.2, 0.25) is 0 Å². The lowest BCUT2D eigenvalue weighted by Crippen LogP contribution is -2.52. The summed E-state index contributed by atoms with van der Waals surface area (Å²) in [6.07, 6.45) is -15.4. The molecule has 240 valence electrons. The minimum Gasteiger partial charge on any atom is -0.379 e. The van der Waals surface area contributed by atoms with E-state index in [0.29, 0.717) is 39.6 Å². The molecule has 0 aliphatic carbocycles. The van der Waals surface area contributed by atoms with Gasteiger partial charge in [0.15, 0.2) is 0 Å². The molecule has 1 aliphatic heterocycles. The molecule has 11 nitrogen and oxygen atoms in total. The maximum absolute atomic E-state index is 13.9. The van der Waals surface area contributed by atoms with Crippen LogP contribution in [-0.4, -0.2) is 121 Å². The van der Waals surface area contributed by atoms with E-state index in [-0.39, 0.29) is 39.6 Å². The Kier molecular flexibility index (Phi) is 18.2. The van der Waals surface area contributed by atoms with Crippen molar-refractivity contribution in [3.8, 4) is 0 Å². The minimum atomic E-state index is -6.14. The molecule has 1 fully saturated rings. The minimum absolute atomic E-state index is 0.00260. The Hall–Kier alpha value is -0.650. The third kappa shape index (κ3) is 15.0. The predicted octanol–water partition coefficient (Wildman–Crippen LogP) is 3.76. The molecule has 0 saturated carbocycles. The Labute approximate surface area is 228 Å². The fourth-order valence-corrected chi connectivity index (χ4v) is 2.93. The van der Waals surface area contributed by atoms with Gasteiger partial charge in [-0.25, -0.2) is 9.99 Å². The van der Waals surface area contributed by atoms with Gasteiger partial charge < -0.3 is 33.2 Å². The Balaban J connectivity index is 2.49. The predicted molar refractivity (Wildman–Crippen MR) is 117 cm³/mol. The van der Waals surface area contributed by atoms with Gasteiger partial charge >= 0.3 is 23.4 Å². The largest absolute Gasteiger partial charge is 0.436 e. The highest BCUT2D eigenvalue weighted by Crippen LogP contribution is 2.50. The number of rotatable bonds is 13. The monoisotopic (exact) mass is 632 g/mol. The summed E-state index contributed by atoms with van der Waals surface area (Å²) < 4.78 is 151. The number of ether oxygens (including phenoxy) is 8. The molecule has 1 rings (SSSR count). The van der Waals surface area contributed by atoms with E-state index in [0.717, 1.165) is 0 Å². The van der Waals surface area contributed by atoms with Crippen molar-refractivity contribution in [2.45, 2.75) is 42.3 Å². The Bertz CT molecular complexity index is 638. The summed E-state index contributed by atoms with van der Waals surface area (Å²) in [7, 11) is 0.